The first-order valence-electron chi connectivity index (χ1n) is 4.33. The Labute approximate surface area is 92.7 Å². The molecule has 1 aromatic carbocycles. The van der Waals surface area contributed by atoms with Gasteiger partial charge in [-0.2, -0.15) is 0 Å². The lowest BCUT2D eigenvalue weighted by molar-refractivity contribution is -0.118. The molecule has 78 valence electrons. The van der Waals surface area contributed by atoms with Crippen LogP contribution in [-0.2, 0) is 4.79 Å². The van der Waals surface area contributed by atoms with Gasteiger partial charge in [0, 0.05) is 29.8 Å². The zero-order valence-electron chi connectivity index (χ0n) is 8.16. The number of hydrogen-bond acceptors (Lipinski definition) is 2. The monoisotopic (exact) mass is 223 g/mol. The van der Waals surface area contributed by atoms with Crippen molar-refractivity contribution in [2.75, 3.05) is 0 Å². The highest BCUT2D eigenvalue weighted by Crippen LogP contribution is 2.10. The summed E-state index contributed by atoms with van der Waals surface area (Å²) < 4.78 is 0. The molecule has 1 rings (SSSR count). The van der Waals surface area contributed by atoms with Gasteiger partial charge in [0.05, 0.1) is 0 Å². The number of carbonyl (C=O) groups is 2. The smallest absolute Gasteiger partial charge is 0.220 e. The summed E-state index contributed by atoms with van der Waals surface area (Å²) >= 11 is 5.68. The summed E-state index contributed by atoms with van der Waals surface area (Å²) in [6, 6.07) is 6.54. The van der Waals surface area contributed by atoms with Gasteiger partial charge in [-0.1, -0.05) is 11.6 Å². The number of nitrogens with one attached hydrogen (secondary N) is 1. The Morgan fingerprint density at radius 2 is 1.87 bits per heavy atom. The molecule has 0 aliphatic rings. The normalized spacial score (nSPS) is 10.3. The molecule has 0 fully saturated rings. The summed E-state index contributed by atoms with van der Waals surface area (Å²) in [6.07, 6.45) is 2.61. The Hall–Kier alpha value is -1.61. The fourth-order valence-corrected chi connectivity index (χ4v) is 1.07. The zero-order chi connectivity index (χ0) is 11.3. The van der Waals surface area contributed by atoms with E-state index in [1.807, 2.05) is 0 Å². The molecule has 1 N–H and O–H groups in total. The van der Waals surface area contributed by atoms with Gasteiger partial charge in [0.15, 0.2) is 5.78 Å². The molecule has 0 bridgehead atoms. The highest BCUT2D eigenvalue weighted by molar-refractivity contribution is 6.30. The van der Waals surface area contributed by atoms with Gasteiger partial charge in [-0.3, -0.25) is 9.59 Å². The average molecular weight is 224 g/mol. The van der Waals surface area contributed by atoms with Crippen molar-refractivity contribution in [3.8, 4) is 0 Å². The first-order chi connectivity index (χ1) is 7.09. The zero-order valence-corrected chi connectivity index (χ0v) is 8.91. The number of hydrogen-bond donors (Lipinski definition) is 1. The molecule has 1 amide bonds. The molecule has 0 unspecified atom stereocenters. The molecule has 4 heteroatoms. The Balaban J connectivity index is 2.65. The number of carbonyl (C=O) groups excluding carboxylic acids is 2. The van der Waals surface area contributed by atoms with Gasteiger partial charge in [-0.05, 0) is 24.3 Å². The van der Waals surface area contributed by atoms with Crippen molar-refractivity contribution in [1.29, 1.82) is 0 Å². The molecule has 0 spiro atoms. The van der Waals surface area contributed by atoms with Crippen molar-refractivity contribution < 1.29 is 9.59 Å². The van der Waals surface area contributed by atoms with E-state index >= 15 is 0 Å². The highest BCUT2D eigenvalue weighted by Gasteiger charge is 2.00. The molecule has 3 nitrogen and oxygen atoms in total. The van der Waals surface area contributed by atoms with Crippen LogP contribution >= 0.6 is 11.6 Å². The number of ketones is 1. The number of rotatable bonds is 3. The van der Waals surface area contributed by atoms with Gasteiger partial charge in [0.25, 0.3) is 0 Å². The third kappa shape index (κ3) is 3.95. The van der Waals surface area contributed by atoms with Crippen molar-refractivity contribution in [3.05, 3.63) is 47.1 Å². The van der Waals surface area contributed by atoms with Gasteiger partial charge in [0.2, 0.25) is 5.91 Å². The van der Waals surface area contributed by atoms with Crippen LogP contribution in [0.1, 0.15) is 17.3 Å². The topological polar surface area (TPSA) is 46.2 Å². The molecule has 1 aromatic rings. The first kappa shape index (κ1) is 11.5. The summed E-state index contributed by atoms with van der Waals surface area (Å²) in [4.78, 5) is 22.0. The summed E-state index contributed by atoms with van der Waals surface area (Å²) in [5.41, 5.74) is 0.529. The van der Waals surface area contributed by atoms with Crippen LogP contribution in [0.2, 0.25) is 5.02 Å². The molecular formula is C11H10ClNO2. The summed E-state index contributed by atoms with van der Waals surface area (Å²) in [7, 11) is 0. The summed E-state index contributed by atoms with van der Waals surface area (Å²) in [5, 5.41) is 2.97. The summed E-state index contributed by atoms with van der Waals surface area (Å²) in [6.45, 7) is 1.37. The average Bonchev–Trinajstić information content (AvgIpc) is 2.18. The van der Waals surface area contributed by atoms with E-state index in [0.717, 1.165) is 0 Å². The van der Waals surface area contributed by atoms with E-state index in [1.54, 1.807) is 24.3 Å². The number of amides is 1. The largest absolute Gasteiger partial charge is 0.333 e. The minimum Gasteiger partial charge on any atom is -0.333 e. The highest BCUT2D eigenvalue weighted by atomic mass is 35.5. The maximum atomic E-state index is 11.5. The Morgan fingerprint density at radius 3 is 2.40 bits per heavy atom. The van der Waals surface area contributed by atoms with Crippen LogP contribution < -0.4 is 5.32 Å². The quantitative estimate of drug-likeness (QED) is 0.631. The lowest BCUT2D eigenvalue weighted by Crippen LogP contribution is -2.12. The second-order valence-electron chi connectivity index (χ2n) is 2.91. The van der Waals surface area contributed by atoms with E-state index in [-0.39, 0.29) is 11.7 Å². The Morgan fingerprint density at radius 1 is 1.27 bits per heavy atom. The van der Waals surface area contributed by atoms with E-state index in [2.05, 4.69) is 5.32 Å². The van der Waals surface area contributed by atoms with Crippen LogP contribution in [-0.4, -0.2) is 11.7 Å². The number of halogens is 1. The minimum absolute atomic E-state index is 0.180. The number of benzene rings is 1. The standard InChI is InChI=1S/C11H10ClNO2/c1-8(14)13-7-6-11(15)9-2-4-10(12)5-3-9/h2-7H,1H3,(H,13,14)/b7-6-. The lowest BCUT2D eigenvalue weighted by atomic mass is 10.1. The fourth-order valence-electron chi connectivity index (χ4n) is 0.945. The van der Waals surface area contributed by atoms with E-state index in [1.165, 1.54) is 19.2 Å². The number of allylic oxidation sites excluding steroid dienone is 1. The van der Waals surface area contributed by atoms with Gasteiger partial charge in [0.1, 0.15) is 0 Å². The van der Waals surface area contributed by atoms with E-state index < -0.39 is 0 Å². The summed E-state index contributed by atoms with van der Waals surface area (Å²) in [5.74, 6) is -0.393. The molecule has 0 aliphatic carbocycles. The van der Waals surface area contributed by atoms with Crippen LogP contribution in [0.3, 0.4) is 0 Å². The van der Waals surface area contributed by atoms with Crippen LogP contribution in [0.25, 0.3) is 0 Å². The van der Waals surface area contributed by atoms with Gasteiger partial charge < -0.3 is 5.32 Å². The van der Waals surface area contributed by atoms with E-state index in [4.69, 9.17) is 11.6 Å². The third-order valence-electron chi connectivity index (χ3n) is 1.65. The SMILES string of the molecule is CC(=O)N/C=C\C(=O)c1ccc(Cl)cc1. The molecule has 0 saturated heterocycles. The molecule has 0 aromatic heterocycles. The van der Waals surface area contributed by atoms with Gasteiger partial charge in [-0.15, -0.1) is 0 Å². The lowest BCUT2D eigenvalue weighted by Gasteiger charge is -1.95. The van der Waals surface area contributed by atoms with Crippen molar-refractivity contribution in [3.63, 3.8) is 0 Å². The molecule has 15 heavy (non-hydrogen) atoms. The molecular weight excluding hydrogens is 214 g/mol. The van der Waals surface area contributed by atoms with Crippen LogP contribution in [0.4, 0.5) is 0 Å². The molecule has 0 atom stereocenters. The fraction of sp³-hybridized carbons (Fsp3) is 0.0909. The predicted octanol–water partition coefficient (Wildman–Crippen LogP) is 2.17. The second-order valence-corrected chi connectivity index (χ2v) is 3.34. The first-order valence-corrected chi connectivity index (χ1v) is 4.71. The Bertz CT molecular complexity index is 396. The van der Waals surface area contributed by atoms with Gasteiger partial charge >= 0.3 is 0 Å². The van der Waals surface area contributed by atoms with Gasteiger partial charge in [-0.25, -0.2) is 0 Å². The molecule has 0 radical (unpaired) electrons. The van der Waals surface area contributed by atoms with Crippen molar-refractivity contribution in [2.24, 2.45) is 0 Å². The van der Waals surface area contributed by atoms with Crippen molar-refractivity contribution in [2.45, 2.75) is 6.92 Å². The predicted molar refractivity (Wildman–Crippen MR) is 58.7 cm³/mol. The molecule has 0 saturated carbocycles. The van der Waals surface area contributed by atoms with Crippen molar-refractivity contribution in [1.82, 2.24) is 5.32 Å². The Kier molecular flexibility index (Phi) is 4.06. The maximum absolute atomic E-state index is 11.5. The minimum atomic E-state index is -0.213. The second kappa shape index (κ2) is 5.32. The van der Waals surface area contributed by atoms with Crippen LogP contribution in [0, 0.1) is 0 Å². The maximum Gasteiger partial charge on any atom is 0.220 e. The van der Waals surface area contributed by atoms with Crippen LogP contribution in [0.5, 0.6) is 0 Å². The van der Waals surface area contributed by atoms with E-state index in [0.29, 0.717) is 10.6 Å². The molecule has 0 heterocycles. The van der Waals surface area contributed by atoms with Crippen LogP contribution in [0.15, 0.2) is 36.5 Å². The van der Waals surface area contributed by atoms with Crippen molar-refractivity contribution >= 4 is 23.3 Å². The molecule has 0 aliphatic heterocycles. The third-order valence-corrected chi connectivity index (χ3v) is 1.90. The van der Waals surface area contributed by atoms with E-state index in [9.17, 15) is 9.59 Å².